The van der Waals surface area contributed by atoms with Crippen molar-refractivity contribution in [2.75, 3.05) is 12.9 Å². The lowest BCUT2D eigenvalue weighted by molar-refractivity contribution is -0.247. The van der Waals surface area contributed by atoms with Gasteiger partial charge in [0.2, 0.25) is 0 Å². The van der Waals surface area contributed by atoms with Crippen LogP contribution in [-0.2, 0) is 19.0 Å². The number of nitrogens with one attached hydrogen (secondary N) is 1. The van der Waals surface area contributed by atoms with E-state index in [0.29, 0.717) is 0 Å². The second kappa shape index (κ2) is 7.55. The summed E-state index contributed by atoms with van der Waals surface area (Å²) in [6.45, 7) is -0.665. The molecule has 0 aromatic heterocycles. The molecule has 1 heterocycles. The van der Waals surface area contributed by atoms with Crippen molar-refractivity contribution in [3.63, 3.8) is 0 Å². The fourth-order valence-electron chi connectivity index (χ4n) is 2.38. The molecule has 0 spiro atoms. The SMILES string of the molecule is CS(=O)(=O)O[C@@H]1[C@H](O)[C@@H](CO)O[C@@H](O)[C@H]1NC(=O)c1ccccc1. The van der Waals surface area contributed by atoms with Crippen LogP contribution in [0, 0.1) is 0 Å². The zero-order chi connectivity index (χ0) is 17.9. The average molecular weight is 361 g/mol. The summed E-state index contributed by atoms with van der Waals surface area (Å²) in [7, 11) is -4.00. The Labute approximate surface area is 139 Å². The quantitative estimate of drug-likeness (QED) is 0.450. The van der Waals surface area contributed by atoms with Crippen molar-refractivity contribution in [3.8, 4) is 0 Å². The number of carbonyl (C=O) groups is 1. The summed E-state index contributed by atoms with van der Waals surface area (Å²) in [6, 6.07) is 6.65. The van der Waals surface area contributed by atoms with Gasteiger partial charge in [-0.2, -0.15) is 8.42 Å². The lowest BCUT2D eigenvalue weighted by Gasteiger charge is -2.41. The maximum Gasteiger partial charge on any atom is 0.264 e. The number of aliphatic hydroxyl groups excluding tert-OH is 3. The predicted octanol–water partition coefficient (Wildman–Crippen LogP) is -1.80. The molecule has 134 valence electrons. The van der Waals surface area contributed by atoms with Crippen molar-refractivity contribution in [3.05, 3.63) is 35.9 Å². The number of amides is 1. The molecular formula is C14H19NO8S. The topological polar surface area (TPSA) is 142 Å². The fraction of sp³-hybridized carbons (Fsp3) is 0.500. The van der Waals surface area contributed by atoms with Gasteiger partial charge in [-0.25, -0.2) is 0 Å². The Morgan fingerprint density at radius 1 is 1.29 bits per heavy atom. The summed E-state index contributed by atoms with van der Waals surface area (Å²) < 4.78 is 32.6. The number of hydrogen-bond acceptors (Lipinski definition) is 8. The van der Waals surface area contributed by atoms with E-state index < -0.39 is 53.3 Å². The van der Waals surface area contributed by atoms with Gasteiger partial charge in [-0.1, -0.05) is 18.2 Å². The van der Waals surface area contributed by atoms with Crippen LogP contribution in [0.3, 0.4) is 0 Å². The minimum atomic E-state index is -4.00. The zero-order valence-electron chi connectivity index (χ0n) is 12.8. The smallest absolute Gasteiger partial charge is 0.264 e. The first kappa shape index (κ1) is 18.8. The number of carbonyl (C=O) groups excluding carboxylic acids is 1. The summed E-state index contributed by atoms with van der Waals surface area (Å²) in [5, 5.41) is 31.7. The molecule has 1 aliphatic heterocycles. The van der Waals surface area contributed by atoms with E-state index in [9.17, 15) is 23.4 Å². The first-order chi connectivity index (χ1) is 11.2. The molecule has 9 nitrogen and oxygen atoms in total. The molecule has 1 saturated heterocycles. The number of hydrogen-bond donors (Lipinski definition) is 4. The molecular weight excluding hydrogens is 342 g/mol. The lowest BCUT2D eigenvalue weighted by atomic mass is 9.97. The van der Waals surface area contributed by atoms with E-state index in [1.165, 1.54) is 12.1 Å². The number of rotatable bonds is 5. The Morgan fingerprint density at radius 3 is 2.46 bits per heavy atom. The summed E-state index contributed by atoms with van der Waals surface area (Å²) in [4.78, 5) is 12.2. The standard InChI is InChI=1S/C14H19NO8S/c1-24(20,21)23-12-10(14(19)22-9(7-16)11(12)17)15-13(18)8-5-3-2-4-6-8/h2-6,9-12,14,16-17,19H,7H2,1H3,(H,15,18)/t9-,10+,11-,12+,14-/m1/s1. The van der Waals surface area contributed by atoms with Crippen LogP contribution < -0.4 is 5.32 Å². The largest absolute Gasteiger partial charge is 0.394 e. The van der Waals surface area contributed by atoms with Crippen molar-refractivity contribution in [1.82, 2.24) is 5.32 Å². The molecule has 4 N–H and O–H groups in total. The summed E-state index contributed by atoms with van der Waals surface area (Å²) >= 11 is 0. The van der Waals surface area contributed by atoms with Crippen molar-refractivity contribution >= 4 is 16.0 Å². The van der Waals surface area contributed by atoms with E-state index in [1.807, 2.05) is 0 Å². The summed E-state index contributed by atoms with van der Waals surface area (Å²) in [5.74, 6) is -0.611. The average Bonchev–Trinajstić information content (AvgIpc) is 2.53. The highest BCUT2D eigenvalue weighted by atomic mass is 32.2. The second-order valence-corrected chi connectivity index (χ2v) is 6.97. The fourth-order valence-corrected chi connectivity index (χ4v) is 3.01. The molecule has 0 bridgehead atoms. The van der Waals surface area contributed by atoms with Crippen molar-refractivity contribution < 1.29 is 37.5 Å². The molecule has 1 aromatic carbocycles. The van der Waals surface area contributed by atoms with Crippen LogP contribution in [0.2, 0.25) is 0 Å². The van der Waals surface area contributed by atoms with Crippen molar-refractivity contribution in [2.24, 2.45) is 0 Å². The van der Waals surface area contributed by atoms with Crippen molar-refractivity contribution in [1.29, 1.82) is 0 Å². The van der Waals surface area contributed by atoms with Crippen LogP contribution in [0.5, 0.6) is 0 Å². The Kier molecular flexibility index (Phi) is 5.91. The number of benzene rings is 1. The summed E-state index contributed by atoms with van der Waals surface area (Å²) in [6.07, 6.45) is -5.25. The van der Waals surface area contributed by atoms with Gasteiger partial charge in [-0.05, 0) is 12.1 Å². The Balaban J connectivity index is 2.24. The monoisotopic (exact) mass is 361 g/mol. The normalized spacial score (nSPS) is 30.8. The third kappa shape index (κ3) is 4.50. The molecule has 24 heavy (non-hydrogen) atoms. The third-order valence-corrected chi connectivity index (χ3v) is 4.06. The Bertz CT molecular complexity index is 665. The molecule has 1 amide bonds. The van der Waals surface area contributed by atoms with E-state index in [-0.39, 0.29) is 5.56 Å². The molecule has 0 saturated carbocycles. The van der Waals surface area contributed by atoms with Gasteiger partial charge in [0.1, 0.15) is 24.4 Å². The van der Waals surface area contributed by atoms with E-state index in [1.54, 1.807) is 18.2 Å². The van der Waals surface area contributed by atoms with Gasteiger partial charge >= 0.3 is 0 Å². The first-order valence-electron chi connectivity index (χ1n) is 7.09. The van der Waals surface area contributed by atoms with Crippen LogP contribution in [0.15, 0.2) is 30.3 Å². The molecule has 10 heteroatoms. The summed E-state index contributed by atoms with van der Waals surface area (Å²) in [5.41, 5.74) is 0.265. The van der Waals surface area contributed by atoms with Gasteiger partial charge in [-0.3, -0.25) is 8.98 Å². The molecule has 0 aliphatic carbocycles. The number of ether oxygens (including phenoxy) is 1. The van der Waals surface area contributed by atoms with Crippen LogP contribution in [-0.4, -0.2) is 73.2 Å². The van der Waals surface area contributed by atoms with Gasteiger partial charge in [0.05, 0.1) is 12.9 Å². The van der Waals surface area contributed by atoms with Crippen LogP contribution in [0.4, 0.5) is 0 Å². The third-order valence-electron chi connectivity index (χ3n) is 3.49. The van der Waals surface area contributed by atoms with Gasteiger partial charge in [-0.15, -0.1) is 0 Å². The zero-order valence-corrected chi connectivity index (χ0v) is 13.6. The minimum Gasteiger partial charge on any atom is -0.394 e. The maximum absolute atomic E-state index is 12.2. The minimum absolute atomic E-state index is 0.265. The van der Waals surface area contributed by atoms with E-state index in [4.69, 9.17) is 14.0 Å². The highest BCUT2D eigenvalue weighted by Gasteiger charge is 2.47. The molecule has 0 radical (unpaired) electrons. The number of aliphatic hydroxyl groups is 3. The highest BCUT2D eigenvalue weighted by molar-refractivity contribution is 7.86. The molecule has 0 unspecified atom stereocenters. The van der Waals surface area contributed by atoms with Crippen LogP contribution in [0.1, 0.15) is 10.4 Å². The molecule has 5 atom stereocenters. The predicted molar refractivity (Wildman–Crippen MR) is 81.4 cm³/mol. The Morgan fingerprint density at radius 2 is 1.92 bits per heavy atom. The van der Waals surface area contributed by atoms with Gasteiger partial charge in [0.15, 0.2) is 6.29 Å². The van der Waals surface area contributed by atoms with Crippen LogP contribution >= 0.6 is 0 Å². The second-order valence-electron chi connectivity index (χ2n) is 5.37. The molecule has 1 aromatic rings. The van der Waals surface area contributed by atoms with E-state index >= 15 is 0 Å². The van der Waals surface area contributed by atoms with E-state index in [2.05, 4.69) is 5.32 Å². The van der Waals surface area contributed by atoms with Crippen LogP contribution in [0.25, 0.3) is 0 Å². The molecule has 2 rings (SSSR count). The maximum atomic E-state index is 12.2. The van der Waals surface area contributed by atoms with Gasteiger partial charge in [0, 0.05) is 5.56 Å². The Hall–Kier alpha value is -1.56. The van der Waals surface area contributed by atoms with Crippen molar-refractivity contribution in [2.45, 2.75) is 30.6 Å². The molecule has 1 fully saturated rings. The van der Waals surface area contributed by atoms with Gasteiger partial charge < -0.3 is 25.4 Å². The lowest BCUT2D eigenvalue weighted by Crippen LogP contribution is -2.65. The van der Waals surface area contributed by atoms with E-state index in [0.717, 1.165) is 6.26 Å². The first-order valence-corrected chi connectivity index (χ1v) is 8.91. The molecule has 1 aliphatic rings. The van der Waals surface area contributed by atoms with Gasteiger partial charge in [0.25, 0.3) is 16.0 Å². The highest BCUT2D eigenvalue weighted by Crippen LogP contribution is 2.24.